The molecule has 0 radical (unpaired) electrons. The third kappa shape index (κ3) is 3.52. The van der Waals surface area contributed by atoms with Gasteiger partial charge in [0.1, 0.15) is 5.69 Å². The van der Waals surface area contributed by atoms with Gasteiger partial charge in [-0.2, -0.15) is 0 Å². The Balaban J connectivity index is 1.97. The molecule has 2 rings (SSSR count). The number of thiophene rings is 1. The Labute approximate surface area is 113 Å². The largest absolute Gasteiger partial charge is 0.333 e. The highest BCUT2D eigenvalue weighted by molar-refractivity contribution is 7.09. The number of benzene rings is 1. The molecule has 98 valence electrons. The minimum absolute atomic E-state index is 0.131. The number of amides is 2. The summed E-state index contributed by atoms with van der Waals surface area (Å²) in [5, 5.41) is 17.8. The molecular weight excluding hydrogens is 266 g/mol. The number of nitrogens with one attached hydrogen (secondary N) is 2. The van der Waals surface area contributed by atoms with Crippen molar-refractivity contribution in [2.75, 3.05) is 5.32 Å². The van der Waals surface area contributed by atoms with Crippen molar-refractivity contribution in [3.63, 3.8) is 0 Å². The number of carbonyl (C=O) groups excluding carboxylic acids is 1. The average molecular weight is 277 g/mol. The van der Waals surface area contributed by atoms with Gasteiger partial charge in [-0.15, -0.1) is 11.3 Å². The molecule has 0 aliphatic heterocycles. The van der Waals surface area contributed by atoms with E-state index in [1.807, 2.05) is 17.5 Å². The summed E-state index contributed by atoms with van der Waals surface area (Å²) in [6.07, 6.45) is 0. The summed E-state index contributed by atoms with van der Waals surface area (Å²) in [6, 6.07) is 9.33. The summed E-state index contributed by atoms with van der Waals surface area (Å²) in [6.45, 7) is 0.393. The zero-order valence-electron chi connectivity index (χ0n) is 9.83. The Morgan fingerprint density at radius 2 is 2.05 bits per heavy atom. The third-order valence-corrected chi connectivity index (χ3v) is 3.23. The number of para-hydroxylation sites is 2. The first-order valence-corrected chi connectivity index (χ1v) is 6.35. The van der Waals surface area contributed by atoms with Crippen LogP contribution in [0, 0.1) is 10.1 Å². The molecule has 0 saturated heterocycles. The van der Waals surface area contributed by atoms with E-state index in [0.29, 0.717) is 6.54 Å². The fourth-order valence-electron chi connectivity index (χ4n) is 1.49. The van der Waals surface area contributed by atoms with Gasteiger partial charge in [0, 0.05) is 10.9 Å². The molecule has 0 bridgehead atoms. The molecule has 0 fully saturated rings. The maximum absolute atomic E-state index is 11.6. The molecular formula is C12H11N3O3S. The van der Waals surface area contributed by atoms with Gasteiger partial charge < -0.3 is 10.6 Å². The van der Waals surface area contributed by atoms with Crippen LogP contribution >= 0.6 is 11.3 Å². The molecule has 0 unspecified atom stereocenters. The lowest BCUT2D eigenvalue weighted by Gasteiger charge is -2.06. The van der Waals surface area contributed by atoms with E-state index in [-0.39, 0.29) is 11.4 Å². The zero-order chi connectivity index (χ0) is 13.7. The van der Waals surface area contributed by atoms with Crippen LogP contribution in [0.1, 0.15) is 4.88 Å². The number of nitro benzene ring substituents is 1. The van der Waals surface area contributed by atoms with Crippen molar-refractivity contribution >= 4 is 28.7 Å². The van der Waals surface area contributed by atoms with Gasteiger partial charge in [-0.05, 0) is 17.5 Å². The summed E-state index contributed by atoms with van der Waals surface area (Å²) in [7, 11) is 0. The van der Waals surface area contributed by atoms with Gasteiger partial charge >= 0.3 is 6.03 Å². The van der Waals surface area contributed by atoms with Gasteiger partial charge in [-0.25, -0.2) is 4.79 Å². The van der Waals surface area contributed by atoms with Crippen molar-refractivity contribution in [3.8, 4) is 0 Å². The quantitative estimate of drug-likeness (QED) is 0.665. The lowest BCUT2D eigenvalue weighted by Crippen LogP contribution is -2.28. The zero-order valence-corrected chi connectivity index (χ0v) is 10.6. The van der Waals surface area contributed by atoms with Crippen molar-refractivity contribution < 1.29 is 9.72 Å². The number of urea groups is 1. The van der Waals surface area contributed by atoms with E-state index in [1.165, 1.54) is 23.5 Å². The molecule has 6 nitrogen and oxygen atoms in total. The van der Waals surface area contributed by atoms with Gasteiger partial charge in [-0.1, -0.05) is 18.2 Å². The number of carbonyl (C=O) groups is 1. The number of nitrogens with zero attached hydrogens (tertiary/aromatic N) is 1. The SMILES string of the molecule is O=C(NCc1cccs1)Nc1ccccc1[N+](=O)[O-]. The molecule has 0 aliphatic rings. The van der Waals surface area contributed by atoms with E-state index in [9.17, 15) is 14.9 Å². The fraction of sp³-hybridized carbons (Fsp3) is 0.0833. The molecule has 19 heavy (non-hydrogen) atoms. The van der Waals surface area contributed by atoms with Crippen LogP contribution in [0.2, 0.25) is 0 Å². The smallest absolute Gasteiger partial charge is 0.319 e. The molecule has 2 aromatic rings. The Hall–Kier alpha value is -2.41. The fourth-order valence-corrected chi connectivity index (χ4v) is 2.13. The molecule has 2 N–H and O–H groups in total. The van der Waals surface area contributed by atoms with Gasteiger partial charge in [0.15, 0.2) is 0 Å². The number of hydrogen-bond donors (Lipinski definition) is 2. The van der Waals surface area contributed by atoms with Gasteiger partial charge in [0.25, 0.3) is 5.69 Å². The molecule has 0 spiro atoms. The standard InChI is InChI=1S/C12H11N3O3S/c16-12(13-8-9-4-3-7-19-9)14-10-5-1-2-6-11(10)15(17)18/h1-7H,8H2,(H2,13,14,16). The van der Waals surface area contributed by atoms with Crippen molar-refractivity contribution in [1.29, 1.82) is 0 Å². The molecule has 1 aromatic carbocycles. The Morgan fingerprint density at radius 1 is 1.26 bits per heavy atom. The van der Waals surface area contributed by atoms with E-state index in [2.05, 4.69) is 10.6 Å². The van der Waals surface area contributed by atoms with Crippen LogP contribution in [0.15, 0.2) is 41.8 Å². The van der Waals surface area contributed by atoms with Gasteiger partial charge in [0.2, 0.25) is 0 Å². The van der Waals surface area contributed by atoms with Crippen LogP contribution in [0.25, 0.3) is 0 Å². The van der Waals surface area contributed by atoms with Crippen molar-refractivity contribution in [1.82, 2.24) is 5.32 Å². The second-order valence-electron chi connectivity index (χ2n) is 3.66. The topological polar surface area (TPSA) is 84.3 Å². The normalized spacial score (nSPS) is 9.89. The molecule has 0 atom stereocenters. The van der Waals surface area contributed by atoms with E-state index in [1.54, 1.807) is 12.1 Å². The maximum atomic E-state index is 11.6. The van der Waals surface area contributed by atoms with Crippen LogP contribution in [-0.4, -0.2) is 11.0 Å². The summed E-state index contributed by atoms with van der Waals surface area (Å²) < 4.78 is 0. The first-order chi connectivity index (χ1) is 9.16. The second-order valence-corrected chi connectivity index (χ2v) is 4.69. The molecule has 2 amide bonds. The number of nitro groups is 1. The number of hydrogen-bond acceptors (Lipinski definition) is 4. The molecule has 0 saturated carbocycles. The van der Waals surface area contributed by atoms with Gasteiger partial charge in [-0.3, -0.25) is 10.1 Å². The van der Waals surface area contributed by atoms with Crippen LogP contribution in [0.4, 0.5) is 16.2 Å². The van der Waals surface area contributed by atoms with Crippen LogP contribution in [-0.2, 0) is 6.54 Å². The summed E-state index contributed by atoms with van der Waals surface area (Å²) in [5.74, 6) is 0. The van der Waals surface area contributed by atoms with Crippen molar-refractivity contribution in [2.45, 2.75) is 6.54 Å². The predicted molar refractivity (Wildman–Crippen MR) is 73.3 cm³/mol. The number of rotatable bonds is 4. The lowest BCUT2D eigenvalue weighted by atomic mass is 10.3. The van der Waals surface area contributed by atoms with E-state index >= 15 is 0 Å². The molecule has 7 heteroatoms. The van der Waals surface area contributed by atoms with E-state index in [0.717, 1.165) is 4.88 Å². The monoisotopic (exact) mass is 277 g/mol. The summed E-state index contributed by atoms with van der Waals surface area (Å²) in [4.78, 5) is 22.9. The van der Waals surface area contributed by atoms with E-state index in [4.69, 9.17) is 0 Å². The highest BCUT2D eigenvalue weighted by Crippen LogP contribution is 2.22. The second kappa shape index (κ2) is 5.96. The highest BCUT2D eigenvalue weighted by atomic mass is 32.1. The third-order valence-electron chi connectivity index (χ3n) is 2.35. The van der Waals surface area contributed by atoms with Crippen LogP contribution < -0.4 is 10.6 Å². The Morgan fingerprint density at radius 3 is 2.74 bits per heavy atom. The predicted octanol–water partition coefficient (Wildman–Crippen LogP) is 2.98. The number of anilines is 1. The molecule has 1 aromatic heterocycles. The summed E-state index contributed by atoms with van der Waals surface area (Å²) in [5.41, 5.74) is 0.0463. The highest BCUT2D eigenvalue weighted by Gasteiger charge is 2.14. The lowest BCUT2D eigenvalue weighted by molar-refractivity contribution is -0.383. The minimum atomic E-state index is -0.533. The van der Waals surface area contributed by atoms with E-state index < -0.39 is 11.0 Å². The van der Waals surface area contributed by atoms with Crippen LogP contribution in [0.3, 0.4) is 0 Å². The van der Waals surface area contributed by atoms with Gasteiger partial charge in [0.05, 0.1) is 11.5 Å². The average Bonchev–Trinajstić information content (AvgIpc) is 2.90. The summed E-state index contributed by atoms with van der Waals surface area (Å²) >= 11 is 1.53. The molecule has 0 aliphatic carbocycles. The van der Waals surface area contributed by atoms with Crippen molar-refractivity contribution in [2.24, 2.45) is 0 Å². The first kappa shape index (κ1) is 13.0. The Bertz CT molecular complexity index is 584. The Kier molecular flexibility index (Phi) is 4.09. The van der Waals surface area contributed by atoms with Crippen LogP contribution in [0.5, 0.6) is 0 Å². The minimum Gasteiger partial charge on any atom is -0.333 e. The molecule has 1 heterocycles. The first-order valence-electron chi connectivity index (χ1n) is 5.47. The maximum Gasteiger partial charge on any atom is 0.319 e. The van der Waals surface area contributed by atoms with Crippen molar-refractivity contribution in [3.05, 3.63) is 56.8 Å².